The summed E-state index contributed by atoms with van der Waals surface area (Å²) in [5.74, 6) is -0.275. The number of methoxy groups -OCH3 is 1. The lowest BCUT2D eigenvalue weighted by atomic mass is 9.95. The number of anilines is 1. The number of hydrogen-bond acceptors (Lipinski definition) is 4. The molecule has 0 atom stereocenters. The largest absolute Gasteiger partial charge is 0.465 e. The van der Waals surface area contributed by atoms with Gasteiger partial charge < -0.3 is 15.4 Å². The van der Waals surface area contributed by atoms with Gasteiger partial charge in [-0.15, -0.1) is 0 Å². The van der Waals surface area contributed by atoms with Gasteiger partial charge in [0, 0.05) is 23.6 Å². The van der Waals surface area contributed by atoms with E-state index in [2.05, 4.69) is 20.8 Å². The molecule has 1 saturated carbocycles. The van der Waals surface area contributed by atoms with Crippen molar-refractivity contribution in [2.75, 3.05) is 25.1 Å². The molecule has 1 saturated heterocycles. The molecule has 4 nitrogen and oxygen atoms in total. The molecule has 116 valence electrons. The SMILES string of the molecule is COC(=O)c1cc(Br)ccc1N1CCCC1.NC1CCC1. The summed E-state index contributed by atoms with van der Waals surface area (Å²) in [5, 5.41) is 0. The Morgan fingerprint density at radius 3 is 2.38 bits per heavy atom. The van der Waals surface area contributed by atoms with E-state index in [0.717, 1.165) is 23.2 Å². The number of esters is 1. The first-order chi connectivity index (χ1) is 10.1. The minimum absolute atomic E-state index is 0.275. The van der Waals surface area contributed by atoms with Crippen LogP contribution < -0.4 is 10.6 Å². The number of nitrogens with two attached hydrogens (primary N) is 1. The Hall–Kier alpha value is -1.07. The molecule has 5 heteroatoms. The van der Waals surface area contributed by atoms with Crippen LogP contribution in [0.4, 0.5) is 5.69 Å². The number of rotatable bonds is 2. The minimum Gasteiger partial charge on any atom is -0.465 e. The third-order valence-electron chi connectivity index (χ3n) is 3.96. The summed E-state index contributed by atoms with van der Waals surface area (Å²) < 4.78 is 5.70. The predicted octanol–water partition coefficient (Wildman–Crippen LogP) is 3.33. The van der Waals surface area contributed by atoms with Gasteiger partial charge in [0.2, 0.25) is 0 Å². The Morgan fingerprint density at radius 2 is 1.90 bits per heavy atom. The molecule has 1 aliphatic heterocycles. The molecule has 2 N–H and O–H groups in total. The van der Waals surface area contributed by atoms with Gasteiger partial charge in [-0.2, -0.15) is 0 Å². The van der Waals surface area contributed by atoms with Gasteiger partial charge in [0.05, 0.1) is 18.4 Å². The lowest BCUT2D eigenvalue weighted by Gasteiger charge is -2.20. The van der Waals surface area contributed by atoms with Crippen molar-refractivity contribution in [1.29, 1.82) is 0 Å². The molecular weight excluding hydrogens is 332 g/mol. The van der Waals surface area contributed by atoms with Crippen LogP contribution in [0.15, 0.2) is 22.7 Å². The van der Waals surface area contributed by atoms with Crippen molar-refractivity contribution < 1.29 is 9.53 Å². The van der Waals surface area contributed by atoms with Crippen LogP contribution in [-0.4, -0.2) is 32.2 Å². The van der Waals surface area contributed by atoms with E-state index in [9.17, 15) is 4.79 Å². The van der Waals surface area contributed by atoms with E-state index < -0.39 is 0 Å². The monoisotopic (exact) mass is 354 g/mol. The lowest BCUT2D eigenvalue weighted by molar-refractivity contribution is 0.0601. The van der Waals surface area contributed by atoms with E-state index in [1.165, 1.54) is 39.2 Å². The van der Waals surface area contributed by atoms with Crippen molar-refractivity contribution in [3.8, 4) is 0 Å². The van der Waals surface area contributed by atoms with E-state index in [1.807, 2.05) is 18.2 Å². The van der Waals surface area contributed by atoms with Gasteiger partial charge in [-0.25, -0.2) is 4.79 Å². The van der Waals surface area contributed by atoms with Gasteiger partial charge in [0.1, 0.15) is 0 Å². The van der Waals surface area contributed by atoms with Crippen LogP contribution >= 0.6 is 15.9 Å². The van der Waals surface area contributed by atoms with Crippen molar-refractivity contribution >= 4 is 27.6 Å². The number of nitrogens with zero attached hydrogens (tertiary/aromatic N) is 1. The van der Waals surface area contributed by atoms with Crippen molar-refractivity contribution in [2.45, 2.75) is 38.1 Å². The molecule has 1 aliphatic carbocycles. The van der Waals surface area contributed by atoms with Gasteiger partial charge in [0.15, 0.2) is 0 Å². The van der Waals surface area contributed by atoms with Crippen LogP contribution in [0.1, 0.15) is 42.5 Å². The highest BCUT2D eigenvalue weighted by Gasteiger charge is 2.20. The lowest BCUT2D eigenvalue weighted by Crippen LogP contribution is -2.27. The molecular formula is C16H23BrN2O2. The van der Waals surface area contributed by atoms with Crippen LogP contribution in [0, 0.1) is 0 Å². The summed E-state index contributed by atoms with van der Waals surface area (Å²) in [7, 11) is 1.41. The number of hydrogen-bond donors (Lipinski definition) is 1. The Kier molecular flexibility index (Phi) is 6.06. The molecule has 2 fully saturated rings. The van der Waals surface area contributed by atoms with Crippen molar-refractivity contribution in [3.63, 3.8) is 0 Å². The smallest absolute Gasteiger partial charge is 0.340 e. The molecule has 0 unspecified atom stereocenters. The molecule has 1 aromatic carbocycles. The zero-order chi connectivity index (χ0) is 15.2. The molecule has 1 heterocycles. The van der Waals surface area contributed by atoms with Crippen LogP contribution in [0.2, 0.25) is 0 Å². The van der Waals surface area contributed by atoms with Gasteiger partial charge in [-0.3, -0.25) is 0 Å². The Morgan fingerprint density at radius 1 is 1.29 bits per heavy atom. The number of benzene rings is 1. The number of carbonyl (C=O) groups excluding carboxylic acids is 1. The number of halogens is 1. The van der Waals surface area contributed by atoms with Crippen molar-refractivity contribution in [3.05, 3.63) is 28.2 Å². The first-order valence-electron chi connectivity index (χ1n) is 7.50. The number of carbonyl (C=O) groups is 1. The molecule has 0 amide bonds. The van der Waals surface area contributed by atoms with Gasteiger partial charge >= 0.3 is 5.97 Å². The average Bonchev–Trinajstić information content (AvgIpc) is 2.99. The van der Waals surface area contributed by atoms with Crippen LogP contribution in [0.3, 0.4) is 0 Å². The van der Waals surface area contributed by atoms with E-state index in [1.54, 1.807) is 0 Å². The first kappa shape index (κ1) is 16.3. The van der Waals surface area contributed by atoms with E-state index in [-0.39, 0.29) is 5.97 Å². The van der Waals surface area contributed by atoms with E-state index >= 15 is 0 Å². The van der Waals surface area contributed by atoms with Crippen LogP contribution in [-0.2, 0) is 4.74 Å². The summed E-state index contributed by atoms with van der Waals surface area (Å²) >= 11 is 3.38. The van der Waals surface area contributed by atoms with Crippen molar-refractivity contribution in [1.82, 2.24) is 0 Å². The summed E-state index contributed by atoms with van der Waals surface area (Å²) in [4.78, 5) is 13.9. The molecule has 0 aromatic heterocycles. The fraction of sp³-hybridized carbons (Fsp3) is 0.562. The third-order valence-corrected chi connectivity index (χ3v) is 4.45. The average molecular weight is 355 g/mol. The normalized spacial score (nSPS) is 17.8. The first-order valence-corrected chi connectivity index (χ1v) is 8.29. The quantitative estimate of drug-likeness (QED) is 0.827. The standard InChI is InChI=1S/C12H14BrNO2.C4H9N/c1-16-12(15)10-8-9(13)4-5-11(10)14-6-2-3-7-14;5-4-2-1-3-4/h4-5,8H,2-3,6-7H2,1H3;4H,1-3,5H2. The molecule has 21 heavy (non-hydrogen) atoms. The second-order valence-corrected chi connectivity index (χ2v) is 6.45. The molecule has 0 spiro atoms. The maximum Gasteiger partial charge on any atom is 0.340 e. The molecule has 0 bridgehead atoms. The molecule has 1 aromatic rings. The van der Waals surface area contributed by atoms with E-state index in [0.29, 0.717) is 11.6 Å². The Labute approximate surface area is 134 Å². The van der Waals surface area contributed by atoms with Gasteiger partial charge in [-0.1, -0.05) is 22.4 Å². The minimum atomic E-state index is -0.275. The predicted molar refractivity (Wildman–Crippen MR) is 88.8 cm³/mol. The summed E-state index contributed by atoms with van der Waals surface area (Å²) in [6.45, 7) is 2.04. The third kappa shape index (κ3) is 4.45. The molecule has 0 radical (unpaired) electrons. The van der Waals surface area contributed by atoms with Crippen LogP contribution in [0.5, 0.6) is 0 Å². The maximum absolute atomic E-state index is 11.7. The fourth-order valence-electron chi connectivity index (χ4n) is 2.46. The molecule has 2 aliphatic rings. The highest BCUT2D eigenvalue weighted by molar-refractivity contribution is 9.10. The van der Waals surface area contributed by atoms with Gasteiger partial charge in [0.25, 0.3) is 0 Å². The van der Waals surface area contributed by atoms with E-state index in [4.69, 9.17) is 10.5 Å². The fourth-order valence-corrected chi connectivity index (χ4v) is 2.82. The zero-order valence-electron chi connectivity index (χ0n) is 12.5. The van der Waals surface area contributed by atoms with Crippen LogP contribution in [0.25, 0.3) is 0 Å². The topological polar surface area (TPSA) is 55.6 Å². The highest BCUT2D eigenvalue weighted by Crippen LogP contribution is 2.28. The highest BCUT2D eigenvalue weighted by atomic mass is 79.9. The number of ether oxygens (including phenoxy) is 1. The second-order valence-electron chi connectivity index (χ2n) is 5.54. The molecule has 3 rings (SSSR count). The second kappa shape index (κ2) is 7.80. The zero-order valence-corrected chi connectivity index (χ0v) is 14.1. The maximum atomic E-state index is 11.7. The van der Waals surface area contributed by atoms with Crippen molar-refractivity contribution in [2.24, 2.45) is 5.73 Å². The Bertz CT molecular complexity index is 483. The Balaban J connectivity index is 0.000000272. The van der Waals surface area contributed by atoms with Gasteiger partial charge in [-0.05, 0) is 43.9 Å². The summed E-state index contributed by atoms with van der Waals surface area (Å²) in [6.07, 6.45) is 6.27. The summed E-state index contributed by atoms with van der Waals surface area (Å²) in [6, 6.07) is 6.32. The summed E-state index contributed by atoms with van der Waals surface area (Å²) in [5.41, 5.74) is 7.00.